The van der Waals surface area contributed by atoms with Crippen molar-refractivity contribution in [3.63, 3.8) is 0 Å². The maximum absolute atomic E-state index is 9.50. The summed E-state index contributed by atoms with van der Waals surface area (Å²) in [5.41, 5.74) is 3.57. The molecule has 0 saturated heterocycles. The van der Waals surface area contributed by atoms with Crippen LogP contribution in [0.3, 0.4) is 0 Å². The zero-order valence-corrected chi connectivity index (χ0v) is 12.1. The van der Waals surface area contributed by atoms with Crippen LogP contribution in [0, 0.1) is 6.92 Å². The molecule has 0 atom stereocenters. The minimum atomic E-state index is 0.246. The van der Waals surface area contributed by atoms with Crippen molar-refractivity contribution in [2.75, 3.05) is 14.2 Å². The van der Waals surface area contributed by atoms with Crippen molar-refractivity contribution < 1.29 is 14.6 Å². The van der Waals surface area contributed by atoms with Gasteiger partial charge >= 0.3 is 0 Å². The molecule has 2 N–H and O–H groups in total. The van der Waals surface area contributed by atoms with Gasteiger partial charge in [-0.1, -0.05) is 0 Å². The SMILES string of the molecule is COc1cc2nc(-c3ccc(O)cc3C)[nH]c2cc1OC. The maximum Gasteiger partial charge on any atom is 0.163 e. The number of aromatic hydroxyl groups is 1. The van der Waals surface area contributed by atoms with E-state index in [1.54, 1.807) is 26.4 Å². The Morgan fingerprint density at radius 3 is 2.43 bits per heavy atom. The molecule has 5 nitrogen and oxygen atoms in total. The maximum atomic E-state index is 9.50. The Balaban J connectivity index is 2.16. The van der Waals surface area contributed by atoms with Gasteiger partial charge in [0.15, 0.2) is 11.5 Å². The zero-order chi connectivity index (χ0) is 15.0. The van der Waals surface area contributed by atoms with Crippen LogP contribution < -0.4 is 9.47 Å². The standard InChI is InChI=1S/C16H16N2O3/c1-9-6-10(19)4-5-11(9)16-17-12-7-14(20-2)15(21-3)8-13(12)18-16/h4-8,19H,1-3H3,(H,17,18). The topological polar surface area (TPSA) is 67.4 Å². The Hall–Kier alpha value is -2.69. The number of methoxy groups -OCH3 is 2. The fourth-order valence-corrected chi connectivity index (χ4v) is 2.38. The van der Waals surface area contributed by atoms with E-state index in [9.17, 15) is 5.11 Å². The van der Waals surface area contributed by atoms with Crippen molar-refractivity contribution in [2.24, 2.45) is 0 Å². The number of fused-ring (bicyclic) bond motifs is 1. The van der Waals surface area contributed by atoms with E-state index in [1.165, 1.54) is 0 Å². The molecule has 0 bridgehead atoms. The van der Waals surface area contributed by atoms with E-state index in [2.05, 4.69) is 9.97 Å². The summed E-state index contributed by atoms with van der Waals surface area (Å²) in [6, 6.07) is 8.90. The van der Waals surface area contributed by atoms with Gasteiger partial charge in [0.25, 0.3) is 0 Å². The molecule has 0 radical (unpaired) electrons. The largest absolute Gasteiger partial charge is 0.508 e. The number of hydrogen-bond donors (Lipinski definition) is 2. The molecule has 0 fully saturated rings. The third-order valence-corrected chi connectivity index (χ3v) is 3.45. The lowest BCUT2D eigenvalue weighted by Crippen LogP contribution is -1.89. The minimum absolute atomic E-state index is 0.246. The highest BCUT2D eigenvalue weighted by molar-refractivity contribution is 5.83. The summed E-state index contributed by atoms with van der Waals surface area (Å²) in [5.74, 6) is 2.29. The van der Waals surface area contributed by atoms with Gasteiger partial charge < -0.3 is 19.6 Å². The first kappa shape index (κ1) is 13.3. The molecule has 1 heterocycles. The smallest absolute Gasteiger partial charge is 0.163 e. The van der Waals surface area contributed by atoms with E-state index in [0.29, 0.717) is 11.5 Å². The molecule has 2 aromatic carbocycles. The summed E-state index contributed by atoms with van der Waals surface area (Å²) in [6.07, 6.45) is 0. The van der Waals surface area contributed by atoms with E-state index in [4.69, 9.17) is 9.47 Å². The number of nitrogens with zero attached hydrogens (tertiary/aromatic N) is 1. The number of benzene rings is 2. The molecule has 108 valence electrons. The second kappa shape index (κ2) is 5.01. The Morgan fingerprint density at radius 2 is 1.76 bits per heavy atom. The normalized spacial score (nSPS) is 10.8. The third kappa shape index (κ3) is 2.27. The molecule has 0 amide bonds. The van der Waals surface area contributed by atoms with Crippen LogP contribution in [0.4, 0.5) is 0 Å². The van der Waals surface area contributed by atoms with Gasteiger partial charge in [0.05, 0.1) is 25.3 Å². The number of H-pyrrole nitrogens is 1. The Morgan fingerprint density at radius 1 is 1.05 bits per heavy atom. The molecule has 3 aromatic rings. The highest BCUT2D eigenvalue weighted by atomic mass is 16.5. The van der Waals surface area contributed by atoms with Crippen LogP contribution >= 0.6 is 0 Å². The van der Waals surface area contributed by atoms with E-state index in [-0.39, 0.29) is 5.75 Å². The monoisotopic (exact) mass is 284 g/mol. The molecular formula is C16H16N2O3. The summed E-state index contributed by atoms with van der Waals surface area (Å²) in [5, 5.41) is 9.50. The summed E-state index contributed by atoms with van der Waals surface area (Å²) < 4.78 is 10.6. The molecule has 0 aliphatic heterocycles. The van der Waals surface area contributed by atoms with E-state index in [0.717, 1.165) is 28.0 Å². The molecule has 21 heavy (non-hydrogen) atoms. The van der Waals surface area contributed by atoms with Crippen molar-refractivity contribution >= 4 is 11.0 Å². The number of hydrogen-bond acceptors (Lipinski definition) is 4. The Kier molecular flexibility index (Phi) is 3.17. The van der Waals surface area contributed by atoms with Crippen molar-refractivity contribution in [3.05, 3.63) is 35.9 Å². The van der Waals surface area contributed by atoms with Crippen LogP contribution in [0.15, 0.2) is 30.3 Å². The predicted molar refractivity (Wildman–Crippen MR) is 81.0 cm³/mol. The molecule has 0 aliphatic rings. The molecular weight excluding hydrogens is 268 g/mol. The highest BCUT2D eigenvalue weighted by Crippen LogP contribution is 2.33. The van der Waals surface area contributed by atoms with Crippen molar-refractivity contribution in [2.45, 2.75) is 6.92 Å². The average molecular weight is 284 g/mol. The van der Waals surface area contributed by atoms with E-state index >= 15 is 0 Å². The lowest BCUT2D eigenvalue weighted by molar-refractivity contribution is 0.356. The number of aryl methyl sites for hydroxylation is 1. The first-order valence-electron chi connectivity index (χ1n) is 6.54. The fourth-order valence-electron chi connectivity index (χ4n) is 2.38. The van der Waals surface area contributed by atoms with Gasteiger partial charge in [-0.25, -0.2) is 4.98 Å². The number of rotatable bonds is 3. The van der Waals surface area contributed by atoms with Gasteiger partial charge in [0, 0.05) is 17.7 Å². The molecule has 1 aromatic heterocycles. The van der Waals surface area contributed by atoms with Crippen LogP contribution in [0.2, 0.25) is 0 Å². The number of nitrogens with one attached hydrogen (secondary N) is 1. The second-order valence-corrected chi connectivity index (χ2v) is 4.81. The quantitative estimate of drug-likeness (QED) is 0.774. The van der Waals surface area contributed by atoms with Crippen LogP contribution in [0.5, 0.6) is 17.2 Å². The number of imidazole rings is 1. The predicted octanol–water partition coefficient (Wildman–Crippen LogP) is 3.26. The molecule has 3 rings (SSSR count). The molecule has 5 heteroatoms. The van der Waals surface area contributed by atoms with Gasteiger partial charge in [0.1, 0.15) is 11.6 Å². The number of phenols is 1. The lowest BCUT2D eigenvalue weighted by Gasteiger charge is -2.06. The zero-order valence-electron chi connectivity index (χ0n) is 12.1. The number of aromatic nitrogens is 2. The number of ether oxygens (including phenoxy) is 2. The van der Waals surface area contributed by atoms with Crippen molar-refractivity contribution in [3.8, 4) is 28.6 Å². The van der Waals surface area contributed by atoms with Gasteiger partial charge in [-0.15, -0.1) is 0 Å². The summed E-state index contributed by atoms with van der Waals surface area (Å²) in [4.78, 5) is 7.85. The summed E-state index contributed by atoms with van der Waals surface area (Å²) in [7, 11) is 3.20. The first-order chi connectivity index (χ1) is 10.1. The van der Waals surface area contributed by atoms with Gasteiger partial charge in [-0.05, 0) is 30.7 Å². The molecule has 0 saturated carbocycles. The van der Waals surface area contributed by atoms with E-state index in [1.807, 2.05) is 25.1 Å². The number of aromatic amines is 1. The minimum Gasteiger partial charge on any atom is -0.508 e. The van der Waals surface area contributed by atoms with Gasteiger partial charge in [-0.3, -0.25) is 0 Å². The molecule has 0 spiro atoms. The van der Waals surface area contributed by atoms with Crippen molar-refractivity contribution in [1.82, 2.24) is 9.97 Å². The highest BCUT2D eigenvalue weighted by Gasteiger charge is 2.12. The van der Waals surface area contributed by atoms with Crippen LogP contribution in [0.25, 0.3) is 22.4 Å². The number of phenolic OH excluding ortho intramolecular Hbond substituents is 1. The summed E-state index contributed by atoms with van der Waals surface area (Å²) in [6.45, 7) is 1.93. The average Bonchev–Trinajstić information content (AvgIpc) is 2.87. The van der Waals surface area contributed by atoms with Gasteiger partial charge in [-0.2, -0.15) is 0 Å². The molecule has 0 aliphatic carbocycles. The van der Waals surface area contributed by atoms with Crippen LogP contribution in [-0.4, -0.2) is 29.3 Å². The lowest BCUT2D eigenvalue weighted by atomic mass is 10.1. The van der Waals surface area contributed by atoms with Crippen LogP contribution in [-0.2, 0) is 0 Å². The Bertz CT molecular complexity index is 768. The second-order valence-electron chi connectivity index (χ2n) is 4.81. The van der Waals surface area contributed by atoms with Crippen LogP contribution in [0.1, 0.15) is 5.56 Å². The fraction of sp³-hybridized carbons (Fsp3) is 0.188. The Labute approximate surface area is 122 Å². The van der Waals surface area contributed by atoms with E-state index < -0.39 is 0 Å². The van der Waals surface area contributed by atoms with Crippen molar-refractivity contribution in [1.29, 1.82) is 0 Å². The molecule has 0 unspecified atom stereocenters. The van der Waals surface area contributed by atoms with Gasteiger partial charge in [0.2, 0.25) is 0 Å². The third-order valence-electron chi connectivity index (χ3n) is 3.45. The summed E-state index contributed by atoms with van der Waals surface area (Å²) >= 11 is 0. The first-order valence-corrected chi connectivity index (χ1v) is 6.54.